The van der Waals surface area contributed by atoms with Crippen molar-refractivity contribution in [2.24, 2.45) is 0 Å². The first-order chi connectivity index (χ1) is 7.45. The van der Waals surface area contributed by atoms with Gasteiger partial charge in [0.15, 0.2) is 0 Å². The molecule has 0 saturated carbocycles. The minimum Gasteiger partial charge on any atom is -0.464 e. The molecule has 0 N–H and O–H groups in total. The van der Waals surface area contributed by atoms with Crippen LogP contribution in [0.2, 0.25) is 0 Å². The molecule has 90 valence electrons. The molecule has 0 aromatic heterocycles. The summed E-state index contributed by atoms with van der Waals surface area (Å²) in [5.41, 5.74) is -0.00986. The van der Waals surface area contributed by atoms with Gasteiger partial charge in [-0.2, -0.15) is 0 Å². The fourth-order valence-corrected chi connectivity index (χ4v) is 1.21. The highest BCUT2D eigenvalue weighted by Crippen LogP contribution is 2.10. The summed E-state index contributed by atoms with van der Waals surface area (Å²) in [6, 6.07) is 0. The summed E-state index contributed by atoms with van der Waals surface area (Å²) in [5.74, 6) is -1.68. The normalized spacial score (nSPS) is 10.9. The molecule has 0 fully saturated rings. The quantitative estimate of drug-likeness (QED) is 0.535. The van der Waals surface area contributed by atoms with Crippen molar-refractivity contribution in [1.82, 2.24) is 4.90 Å². The fourth-order valence-electron chi connectivity index (χ4n) is 1.21. The summed E-state index contributed by atoms with van der Waals surface area (Å²) in [5, 5.41) is 0. The van der Waals surface area contributed by atoms with E-state index in [9.17, 15) is 14.4 Å². The average molecular weight is 227 g/mol. The van der Waals surface area contributed by atoms with Crippen molar-refractivity contribution in [3.05, 3.63) is 11.8 Å². The molecule has 0 aromatic rings. The summed E-state index contributed by atoms with van der Waals surface area (Å²) >= 11 is 0. The highest BCUT2D eigenvalue weighted by molar-refractivity contribution is 6.03. The van der Waals surface area contributed by atoms with Gasteiger partial charge in [-0.3, -0.25) is 9.59 Å². The molecule has 2 amide bonds. The van der Waals surface area contributed by atoms with Crippen LogP contribution in [0.3, 0.4) is 0 Å². The molecule has 16 heavy (non-hydrogen) atoms. The Morgan fingerprint density at radius 3 is 2.00 bits per heavy atom. The Balaban J connectivity index is 5.20. The third kappa shape index (κ3) is 3.84. The van der Waals surface area contributed by atoms with Crippen molar-refractivity contribution in [3.8, 4) is 0 Å². The molecule has 0 heterocycles. The van der Waals surface area contributed by atoms with Gasteiger partial charge in [0.05, 0.1) is 7.11 Å². The molecular formula is C11H17NO4. The number of carbonyl (C=O) groups excluding carboxylic acids is 3. The van der Waals surface area contributed by atoms with Gasteiger partial charge >= 0.3 is 5.97 Å². The molecule has 0 aromatic carbocycles. The Morgan fingerprint density at radius 2 is 1.69 bits per heavy atom. The van der Waals surface area contributed by atoms with E-state index in [2.05, 4.69) is 4.74 Å². The maximum absolute atomic E-state index is 11.4. The molecule has 0 unspecified atom stereocenters. The van der Waals surface area contributed by atoms with Gasteiger partial charge in [-0.25, -0.2) is 9.69 Å². The number of rotatable bonds is 4. The predicted octanol–water partition coefficient (Wildman–Crippen LogP) is 1.24. The molecule has 0 rings (SSSR count). The van der Waals surface area contributed by atoms with Gasteiger partial charge in [-0.1, -0.05) is 19.4 Å². The summed E-state index contributed by atoms with van der Waals surface area (Å²) in [6.07, 6.45) is 2.94. The SMILES string of the molecule is CCCC=C(C(=O)OC)N(C(C)=O)C(C)=O. The first-order valence-electron chi connectivity index (χ1n) is 5.05. The lowest BCUT2D eigenvalue weighted by Crippen LogP contribution is -2.36. The van der Waals surface area contributed by atoms with Crippen LogP contribution in [0.15, 0.2) is 11.8 Å². The van der Waals surface area contributed by atoms with Gasteiger partial charge < -0.3 is 4.74 Å². The largest absolute Gasteiger partial charge is 0.464 e. The van der Waals surface area contributed by atoms with E-state index in [0.717, 1.165) is 11.3 Å². The smallest absolute Gasteiger partial charge is 0.354 e. The number of amides is 2. The van der Waals surface area contributed by atoms with Crippen molar-refractivity contribution >= 4 is 17.8 Å². The number of methoxy groups -OCH3 is 1. The lowest BCUT2D eigenvalue weighted by Gasteiger charge is -2.18. The second kappa shape index (κ2) is 6.76. The molecule has 0 aliphatic heterocycles. The highest BCUT2D eigenvalue weighted by atomic mass is 16.5. The van der Waals surface area contributed by atoms with Crippen LogP contribution in [-0.4, -0.2) is 29.8 Å². The maximum Gasteiger partial charge on any atom is 0.354 e. The molecule has 0 radical (unpaired) electrons. The van der Waals surface area contributed by atoms with E-state index in [-0.39, 0.29) is 5.70 Å². The van der Waals surface area contributed by atoms with Crippen LogP contribution >= 0.6 is 0 Å². The number of carbonyl (C=O) groups is 3. The van der Waals surface area contributed by atoms with Crippen LogP contribution in [0.1, 0.15) is 33.6 Å². The summed E-state index contributed by atoms with van der Waals surface area (Å²) in [7, 11) is 1.21. The van der Waals surface area contributed by atoms with Crippen LogP contribution in [0.5, 0.6) is 0 Å². The molecular weight excluding hydrogens is 210 g/mol. The third-order valence-electron chi connectivity index (χ3n) is 1.89. The van der Waals surface area contributed by atoms with Gasteiger partial charge in [0.25, 0.3) is 0 Å². The lowest BCUT2D eigenvalue weighted by molar-refractivity contribution is -0.147. The van der Waals surface area contributed by atoms with Gasteiger partial charge in [-0.05, 0) is 6.42 Å². The van der Waals surface area contributed by atoms with Gasteiger partial charge in [-0.15, -0.1) is 0 Å². The molecule has 0 aliphatic carbocycles. The number of allylic oxidation sites excluding steroid dienone is 1. The Morgan fingerprint density at radius 1 is 1.19 bits per heavy atom. The van der Waals surface area contributed by atoms with E-state index in [4.69, 9.17) is 0 Å². The van der Waals surface area contributed by atoms with Gasteiger partial charge in [0, 0.05) is 13.8 Å². The number of unbranched alkanes of at least 4 members (excludes halogenated alkanes) is 1. The molecule has 0 aliphatic rings. The average Bonchev–Trinajstić information content (AvgIpc) is 2.21. The first-order valence-corrected chi connectivity index (χ1v) is 5.05. The minimum absolute atomic E-state index is 0.00986. The standard InChI is InChI=1S/C11H17NO4/c1-5-6-7-10(11(15)16-4)12(8(2)13)9(3)14/h7H,5-6H2,1-4H3. The van der Waals surface area contributed by atoms with Crippen LogP contribution in [0.25, 0.3) is 0 Å². The van der Waals surface area contributed by atoms with Gasteiger partial charge in [0.2, 0.25) is 11.8 Å². The van der Waals surface area contributed by atoms with Crippen molar-refractivity contribution in [2.45, 2.75) is 33.6 Å². The lowest BCUT2D eigenvalue weighted by atomic mass is 10.2. The number of ether oxygens (including phenoxy) is 1. The zero-order valence-electron chi connectivity index (χ0n) is 10.1. The molecule has 0 atom stereocenters. The number of hydrogen-bond acceptors (Lipinski definition) is 4. The zero-order valence-corrected chi connectivity index (χ0v) is 10.1. The zero-order chi connectivity index (χ0) is 12.7. The van der Waals surface area contributed by atoms with Crippen LogP contribution in [0.4, 0.5) is 0 Å². The van der Waals surface area contributed by atoms with E-state index in [0.29, 0.717) is 6.42 Å². The van der Waals surface area contributed by atoms with Crippen LogP contribution in [0, 0.1) is 0 Å². The van der Waals surface area contributed by atoms with E-state index in [1.165, 1.54) is 27.0 Å². The molecule has 5 heteroatoms. The maximum atomic E-state index is 11.4. The van der Waals surface area contributed by atoms with E-state index in [1.807, 2.05) is 6.92 Å². The number of esters is 1. The third-order valence-corrected chi connectivity index (χ3v) is 1.89. The second-order valence-electron chi connectivity index (χ2n) is 3.24. The molecule has 0 saturated heterocycles. The predicted molar refractivity (Wildman–Crippen MR) is 58.2 cm³/mol. The summed E-state index contributed by atoms with van der Waals surface area (Å²) < 4.78 is 4.54. The van der Waals surface area contributed by atoms with Gasteiger partial charge in [0.1, 0.15) is 5.70 Å². The molecule has 0 spiro atoms. The Kier molecular flexibility index (Phi) is 6.07. The summed E-state index contributed by atoms with van der Waals surface area (Å²) in [6.45, 7) is 4.38. The number of nitrogens with zero attached hydrogens (tertiary/aromatic N) is 1. The highest BCUT2D eigenvalue weighted by Gasteiger charge is 2.24. The Hall–Kier alpha value is -1.65. The minimum atomic E-state index is -0.682. The monoisotopic (exact) mass is 227 g/mol. The Bertz CT molecular complexity index is 306. The molecule has 5 nitrogen and oxygen atoms in total. The van der Waals surface area contributed by atoms with E-state index >= 15 is 0 Å². The number of imide groups is 1. The van der Waals surface area contributed by atoms with Crippen molar-refractivity contribution in [2.75, 3.05) is 7.11 Å². The van der Waals surface area contributed by atoms with Crippen LogP contribution in [-0.2, 0) is 19.1 Å². The van der Waals surface area contributed by atoms with Crippen molar-refractivity contribution in [1.29, 1.82) is 0 Å². The molecule has 0 bridgehead atoms. The van der Waals surface area contributed by atoms with Crippen molar-refractivity contribution < 1.29 is 19.1 Å². The van der Waals surface area contributed by atoms with Crippen molar-refractivity contribution in [3.63, 3.8) is 0 Å². The van der Waals surface area contributed by atoms with Crippen LogP contribution < -0.4 is 0 Å². The van der Waals surface area contributed by atoms with E-state index in [1.54, 1.807) is 0 Å². The Labute approximate surface area is 95.1 Å². The summed E-state index contributed by atoms with van der Waals surface area (Å²) in [4.78, 5) is 34.8. The fraction of sp³-hybridized carbons (Fsp3) is 0.545. The number of hydrogen-bond donors (Lipinski definition) is 0. The first kappa shape index (κ1) is 14.3. The second-order valence-corrected chi connectivity index (χ2v) is 3.24. The van der Waals surface area contributed by atoms with E-state index < -0.39 is 17.8 Å². The topological polar surface area (TPSA) is 63.7 Å².